The Kier molecular flexibility index (Phi) is 3.58. The van der Waals surface area contributed by atoms with E-state index in [4.69, 9.17) is 10.3 Å². The molecule has 0 fully saturated rings. The Bertz CT molecular complexity index is 310. The Hall–Kier alpha value is -1.43. The molecule has 0 spiro atoms. The molecule has 0 saturated heterocycles. The van der Waals surface area contributed by atoms with Crippen LogP contribution in [0.3, 0.4) is 0 Å². The van der Waals surface area contributed by atoms with Gasteiger partial charge in [0.05, 0.1) is 0 Å². The van der Waals surface area contributed by atoms with Crippen molar-refractivity contribution in [2.24, 2.45) is 5.73 Å². The van der Waals surface area contributed by atoms with Crippen molar-refractivity contribution in [1.82, 2.24) is 15.5 Å². The number of aromatic nitrogens is 2. The fourth-order valence-corrected chi connectivity index (χ4v) is 1.01. The third-order valence-corrected chi connectivity index (χ3v) is 1.89. The lowest BCUT2D eigenvalue weighted by Crippen LogP contribution is -2.19. The van der Waals surface area contributed by atoms with Crippen LogP contribution in [-0.4, -0.2) is 29.6 Å². The second-order valence-corrected chi connectivity index (χ2v) is 3.01. The number of hydrogen-bond acceptors (Lipinski definition) is 5. The van der Waals surface area contributed by atoms with E-state index in [9.17, 15) is 4.79 Å². The minimum Gasteiger partial charge on any atom is -0.352 e. The first kappa shape index (κ1) is 10.6. The van der Waals surface area contributed by atoms with Gasteiger partial charge < -0.3 is 15.6 Å². The van der Waals surface area contributed by atoms with Gasteiger partial charge in [-0.25, -0.2) is 0 Å². The summed E-state index contributed by atoms with van der Waals surface area (Å²) in [5, 5.41) is 5.97. The highest BCUT2D eigenvalue weighted by atomic mass is 16.5. The van der Waals surface area contributed by atoms with Gasteiger partial charge in [-0.3, -0.25) is 4.79 Å². The summed E-state index contributed by atoms with van der Waals surface area (Å²) >= 11 is 0. The SMILES string of the molecule is CNC(=O)c1noc(C(C)CCN)n1. The van der Waals surface area contributed by atoms with E-state index in [0.29, 0.717) is 12.4 Å². The van der Waals surface area contributed by atoms with Crippen molar-refractivity contribution in [3.05, 3.63) is 11.7 Å². The average molecular weight is 198 g/mol. The molecule has 0 radical (unpaired) electrons. The first-order valence-corrected chi connectivity index (χ1v) is 4.44. The number of carbonyl (C=O) groups excluding carboxylic acids is 1. The Morgan fingerprint density at radius 3 is 3.00 bits per heavy atom. The van der Waals surface area contributed by atoms with Crippen molar-refractivity contribution in [2.45, 2.75) is 19.3 Å². The van der Waals surface area contributed by atoms with E-state index in [1.807, 2.05) is 6.92 Å². The van der Waals surface area contributed by atoms with Crippen molar-refractivity contribution in [3.8, 4) is 0 Å². The van der Waals surface area contributed by atoms with E-state index >= 15 is 0 Å². The zero-order valence-corrected chi connectivity index (χ0v) is 8.28. The average Bonchev–Trinajstić information content (AvgIpc) is 2.66. The molecule has 0 aliphatic heterocycles. The Morgan fingerprint density at radius 1 is 1.71 bits per heavy atom. The molecular weight excluding hydrogens is 184 g/mol. The highest BCUT2D eigenvalue weighted by Crippen LogP contribution is 2.15. The van der Waals surface area contributed by atoms with Crippen LogP contribution in [0.15, 0.2) is 4.52 Å². The standard InChI is InChI=1S/C8H14N4O2/c1-5(3-4-9)8-11-6(12-14-8)7(13)10-2/h5H,3-4,9H2,1-2H3,(H,10,13). The largest absolute Gasteiger partial charge is 0.352 e. The van der Waals surface area contributed by atoms with Crippen LogP contribution in [0.25, 0.3) is 0 Å². The molecule has 14 heavy (non-hydrogen) atoms. The van der Waals surface area contributed by atoms with Crippen molar-refractivity contribution in [3.63, 3.8) is 0 Å². The van der Waals surface area contributed by atoms with Gasteiger partial charge in [0.1, 0.15) is 0 Å². The van der Waals surface area contributed by atoms with Gasteiger partial charge in [-0.1, -0.05) is 12.1 Å². The zero-order chi connectivity index (χ0) is 10.6. The molecule has 6 nitrogen and oxygen atoms in total. The Balaban J connectivity index is 2.72. The highest BCUT2D eigenvalue weighted by molar-refractivity contribution is 5.89. The minimum atomic E-state index is -0.347. The van der Waals surface area contributed by atoms with Crippen LogP contribution < -0.4 is 11.1 Å². The molecule has 78 valence electrons. The predicted molar refractivity (Wildman–Crippen MR) is 49.8 cm³/mol. The van der Waals surface area contributed by atoms with Gasteiger partial charge in [0, 0.05) is 13.0 Å². The monoisotopic (exact) mass is 198 g/mol. The molecule has 1 rings (SSSR count). The molecule has 1 atom stereocenters. The molecule has 1 unspecified atom stereocenters. The summed E-state index contributed by atoms with van der Waals surface area (Å²) in [5.74, 6) is 0.256. The summed E-state index contributed by atoms with van der Waals surface area (Å²) < 4.78 is 4.92. The lowest BCUT2D eigenvalue weighted by atomic mass is 10.1. The summed E-state index contributed by atoms with van der Waals surface area (Å²) in [4.78, 5) is 15.0. The molecule has 0 bridgehead atoms. The number of carbonyl (C=O) groups is 1. The first-order valence-electron chi connectivity index (χ1n) is 4.44. The first-order chi connectivity index (χ1) is 6.69. The lowest BCUT2D eigenvalue weighted by Gasteiger charge is -2.01. The van der Waals surface area contributed by atoms with Crippen molar-refractivity contribution in [1.29, 1.82) is 0 Å². The maximum absolute atomic E-state index is 11.1. The second-order valence-electron chi connectivity index (χ2n) is 3.01. The fraction of sp³-hybridized carbons (Fsp3) is 0.625. The van der Waals surface area contributed by atoms with Gasteiger partial charge in [0.2, 0.25) is 5.89 Å². The summed E-state index contributed by atoms with van der Waals surface area (Å²) in [5.41, 5.74) is 5.39. The molecule has 0 aromatic carbocycles. The second kappa shape index (κ2) is 4.71. The van der Waals surface area contributed by atoms with Gasteiger partial charge in [-0.2, -0.15) is 4.98 Å². The van der Waals surface area contributed by atoms with Crippen LogP contribution >= 0.6 is 0 Å². The van der Waals surface area contributed by atoms with Crippen LogP contribution in [0.4, 0.5) is 0 Å². The molecular formula is C8H14N4O2. The van der Waals surface area contributed by atoms with E-state index in [0.717, 1.165) is 6.42 Å². The molecule has 0 aliphatic carbocycles. The number of amides is 1. The van der Waals surface area contributed by atoms with Crippen molar-refractivity contribution < 1.29 is 9.32 Å². The topological polar surface area (TPSA) is 94.0 Å². The number of rotatable bonds is 4. The van der Waals surface area contributed by atoms with E-state index in [-0.39, 0.29) is 17.6 Å². The Labute approximate surface area is 81.9 Å². The van der Waals surface area contributed by atoms with Gasteiger partial charge >= 0.3 is 0 Å². The number of nitrogens with two attached hydrogens (primary N) is 1. The van der Waals surface area contributed by atoms with Gasteiger partial charge in [-0.15, -0.1) is 0 Å². The third kappa shape index (κ3) is 2.29. The van der Waals surface area contributed by atoms with Crippen LogP contribution in [0.1, 0.15) is 35.8 Å². The van der Waals surface area contributed by atoms with Gasteiger partial charge in [-0.05, 0) is 13.0 Å². The molecule has 1 amide bonds. The van der Waals surface area contributed by atoms with Gasteiger partial charge in [0.15, 0.2) is 0 Å². The van der Waals surface area contributed by atoms with E-state index in [2.05, 4.69) is 15.5 Å². The normalized spacial score (nSPS) is 12.5. The van der Waals surface area contributed by atoms with Crippen LogP contribution in [0.5, 0.6) is 0 Å². The molecule has 1 heterocycles. The summed E-state index contributed by atoms with van der Waals surface area (Å²) in [6, 6.07) is 0. The maximum atomic E-state index is 11.1. The zero-order valence-electron chi connectivity index (χ0n) is 8.28. The van der Waals surface area contributed by atoms with Gasteiger partial charge in [0.25, 0.3) is 11.7 Å². The highest BCUT2D eigenvalue weighted by Gasteiger charge is 2.16. The molecule has 0 saturated carbocycles. The molecule has 1 aromatic rings. The number of hydrogen-bond donors (Lipinski definition) is 2. The van der Waals surface area contributed by atoms with E-state index < -0.39 is 0 Å². The Morgan fingerprint density at radius 2 is 2.43 bits per heavy atom. The fourth-order valence-electron chi connectivity index (χ4n) is 1.01. The minimum absolute atomic E-state index is 0.0615. The summed E-state index contributed by atoms with van der Waals surface area (Å²) in [7, 11) is 1.52. The van der Waals surface area contributed by atoms with Crippen LogP contribution in [0.2, 0.25) is 0 Å². The predicted octanol–water partition coefficient (Wildman–Crippen LogP) is -0.119. The lowest BCUT2D eigenvalue weighted by molar-refractivity contribution is 0.0950. The van der Waals surface area contributed by atoms with Crippen LogP contribution in [-0.2, 0) is 0 Å². The van der Waals surface area contributed by atoms with Crippen LogP contribution in [0, 0.1) is 0 Å². The molecule has 6 heteroatoms. The smallest absolute Gasteiger partial charge is 0.292 e. The number of nitrogens with one attached hydrogen (secondary N) is 1. The molecule has 1 aromatic heterocycles. The molecule has 3 N–H and O–H groups in total. The third-order valence-electron chi connectivity index (χ3n) is 1.89. The summed E-state index contributed by atoms with van der Waals surface area (Å²) in [6.45, 7) is 2.48. The van der Waals surface area contributed by atoms with Crippen molar-refractivity contribution in [2.75, 3.05) is 13.6 Å². The van der Waals surface area contributed by atoms with E-state index in [1.165, 1.54) is 7.05 Å². The summed E-state index contributed by atoms with van der Waals surface area (Å²) in [6.07, 6.45) is 0.759. The van der Waals surface area contributed by atoms with Crippen molar-refractivity contribution >= 4 is 5.91 Å². The quantitative estimate of drug-likeness (QED) is 0.703. The van der Waals surface area contributed by atoms with E-state index in [1.54, 1.807) is 0 Å². The number of nitrogens with zero attached hydrogens (tertiary/aromatic N) is 2. The maximum Gasteiger partial charge on any atom is 0.292 e. The molecule has 0 aliphatic rings.